The Hall–Kier alpha value is -3.33. The minimum Gasteiger partial charge on any atom is -0.464 e. The van der Waals surface area contributed by atoms with Crippen LogP contribution in [0.1, 0.15) is 32.1 Å². The second kappa shape index (κ2) is 7.09. The molecule has 0 amide bonds. The molecule has 116 valence electrons. The summed E-state index contributed by atoms with van der Waals surface area (Å²) >= 11 is 0. The van der Waals surface area contributed by atoms with Gasteiger partial charge in [0.05, 0.1) is 14.2 Å². The molecule has 2 aromatic rings. The van der Waals surface area contributed by atoms with Crippen LogP contribution in [0.4, 0.5) is 5.69 Å². The number of nitrogens with two attached hydrogens (primary N) is 1. The number of hydrogen-bond donors (Lipinski definition) is 1. The van der Waals surface area contributed by atoms with E-state index in [-0.39, 0.29) is 11.4 Å². The van der Waals surface area contributed by atoms with Crippen molar-refractivity contribution in [3.8, 4) is 11.8 Å². The van der Waals surface area contributed by atoms with Crippen LogP contribution in [-0.4, -0.2) is 31.1 Å². The fourth-order valence-corrected chi connectivity index (χ4v) is 1.73. The Bertz CT molecular complexity index is 767. The Morgan fingerprint density at radius 1 is 0.913 bits per heavy atom. The molecule has 0 fully saturated rings. The van der Waals surface area contributed by atoms with Gasteiger partial charge in [0.25, 0.3) is 0 Å². The number of esters is 2. The summed E-state index contributed by atoms with van der Waals surface area (Å²) in [5, 5.41) is 0. The Balaban J connectivity index is 2.43. The van der Waals surface area contributed by atoms with E-state index < -0.39 is 11.9 Å². The van der Waals surface area contributed by atoms with Crippen LogP contribution < -0.4 is 5.73 Å². The number of rotatable bonds is 2. The van der Waals surface area contributed by atoms with Crippen LogP contribution in [0.5, 0.6) is 0 Å². The van der Waals surface area contributed by atoms with Crippen molar-refractivity contribution in [3.05, 3.63) is 58.9 Å². The maximum atomic E-state index is 11.6. The standard InChI is InChI=1S/C17H14N2O4/c1-22-16(20)14-9-12(10-15(19-14)17(21)23-2)4-3-11-5-7-13(18)8-6-11/h5-10H,18H2,1-2H3. The third kappa shape index (κ3) is 4.08. The molecule has 0 unspecified atom stereocenters. The topological polar surface area (TPSA) is 91.5 Å². The summed E-state index contributed by atoms with van der Waals surface area (Å²) in [6.07, 6.45) is 0. The molecular formula is C17H14N2O4. The monoisotopic (exact) mass is 310 g/mol. The van der Waals surface area contributed by atoms with Crippen LogP contribution >= 0.6 is 0 Å². The van der Waals surface area contributed by atoms with Crippen molar-refractivity contribution in [1.82, 2.24) is 4.98 Å². The number of nitrogens with zero attached hydrogens (tertiary/aromatic N) is 1. The third-order valence-corrected chi connectivity index (χ3v) is 2.88. The number of anilines is 1. The maximum Gasteiger partial charge on any atom is 0.356 e. The van der Waals surface area contributed by atoms with E-state index in [1.807, 2.05) is 0 Å². The van der Waals surface area contributed by atoms with Gasteiger partial charge < -0.3 is 15.2 Å². The first kappa shape index (κ1) is 16.0. The van der Waals surface area contributed by atoms with Gasteiger partial charge in [-0.3, -0.25) is 0 Å². The van der Waals surface area contributed by atoms with Crippen LogP contribution in [0.3, 0.4) is 0 Å². The molecule has 0 bridgehead atoms. The fraction of sp³-hybridized carbons (Fsp3) is 0.118. The summed E-state index contributed by atoms with van der Waals surface area (Å²) in [6, 6.07) is 9.90. The summed E-state index contributed by atoms with van der Waals surface area (Å²) in [5.74, 6) is 4.47. The normalized spacial score (nSPS) is 9.48. The molecule has 0 radical (unpaired) electrons. The first-order chi connectivity index (χ1) is 11.0. The van der Waals surface area contributed by atoms with E-state index in [4.69, 9.17) is 5.73 Å². The lowest BCUT2D eigenvalue weighted by atomic mass is 10.1. The number of pyridine rings is 1. The Kier molecular flexibility index (Phi) is 4.95. The summed E-state index contributed by atoms with van der Waals surface area (Å²) < 4.78 is 9.24. The number of carbonyl (C=O) groups excluding carboxylic acids is 2. The van der Waals surface area contributed by atoms with E-state index in [1.165, 1.54) is 26.4 Å². The molecule has 1 aromatic heterocycles. The first-order valence-electron chi connectivity index (χ1n) is 6.59. The molecule has 23 heavy (non-hydrogen) atoms. The molecule has 6 heteroatoms. The molecule has 0 saturated heterocycles. The van der Waals surface area contributed by atoms with E-state index in [0.717, 1.165) is 5.56 Å². The Labute approximate surface area is 133 Å². The average Bonchev–Trinajstić information content (AvgIpc) is 2.59. The zero-order valence-corrected chi connectivity index (χ0v) is 12.6. The smallest absolute Gasteiger partial charge is 0.356 e. The highest BCUT2D eigenvalue weighted by Crippen LogP contribution is 2.09. The molecule has 2 N–H and O–H groups in total. The Morgan fingerprint density at radius 3 is 1.87 bits per heavy atom. The van der Waals surface area contributed by atoms with Gasteiger partial charge in [0.15, 0.2) is 11.4 Å². The lowest BCUT2D eigenvalue weighted by Crippen LogP contribution is -2.11. The predicted octanol–water partition coefficient (Wildman–Crippen LogP) is 1.64. The molecule has 0 aliphatic rings. The van der Waals surface area contributed by atoms with Crippen molar-refractivity contribution in [2.75, 3.05) is 20.0 Å². The lowest BCUT2D eigenvalue weighted by Gasteiger charge is -2.03. The van der Waals surface area contributed by atoms with Gasteiger partial charge in [-0.1, -0.05) is 11.8 Å². The van der Waals surface area contributed by atoms with E-state index in [9.17, 15) is 9.59 Å². The molecule has 1 heterocycles. The largest absolute Gasteiger partial charge is 0.464 e. The van der Waals surface area contributed by atoms with Gasteiger partial charge in [0.2, 0.25) is 0 Å². The van der Waals surface area contributed by atoms with E-state index >= 15 is 0 Å². The molecule has 1 aromatic carbocycles. The van der Waals surface area contributed by atoms with Crippen molar-refractivity contribution in [3.63, 3.8) is 0 Å². The molecule has 0 aliphatic carbocycles. The zero-order chi connectivity index (χ0) is 16.8. The van der Waals surface area contributed by atoms with Gasteiger partial charge >= 0.3 is 11.9 Å². The number of hydrogen-bond acceptors (Lipinski definition) is 6. The molecule has 0 spiro atoms. The summed E-state index contributed by atoms with van der Waals surface area (Å²) in [5.41, 5.74) is 7.41. The van der Waals surface area contributed by atoms with Crippen LogP contribution in [0.25, 0.3) is 0 Å². The molecule has 0 aliphatic heterocycles. The van der Waals surface area contributed by atoms with Crippen molar-refractivity contribution in [2.45, 2.75) is 0 Å². The number of methoxy groups -OCH3 is 2. The van der Waals surface area contributed by atoms with Crippen LogP contribution in [0.2, 0.25) is 0 Å². The SMILES string of the molecule is COC(=O)c1cc(C#Cc2ccc(N)cc2)cc(C(=O)OC)n1. The van der Waals surface area contributed by atoms with Gasteiger partial charge in [0.1, 0.15) is 0 Å². The third-order valence-electron chi connectivity index (χ3n) is 2.88. The van der Waals surface area contributed by atoms with E-state index in [0.29, 0.717) is 11.3 Å². The summed E-state index contributed by atoms with van der Waals surface area (Å²) in [6.45, 7) is 0. The van der Waals surface area contributed by atoms with E-state index in [2.05, 4.69) is 26.3 Å². The second-order valence-corrected chi connectivity index (χ2v) is 4.48. The minimum atomic E-state index is -0.661. The fourth-order valence-electron chi connectivity index (χ4n) is 1.73. The second-order valence-electron chi connectivity index (χ2n) is 4.48. The van der Waals surface area contributed by atoms with Gasteiger partial charge in [0, 0.05) is 16.8 Å². The number of ether oxygens (including phenoxy) is 2. The first-order valence-corrected chi connectivity index (χ1v) is 6.59. The van der Waals surface area contributed by atoms with Crippen LogP contribution in [0, 0.1) is 11.8 Å². The number of nitrogen functional groups attached to an aromatic ring is 1. The number of aromatic nitrogens is 1. The molecule has 0 saturated carbocycles. The minimum absolute atomic E-state index is 0.0167. The molecule has 0 atom stereocenters. The highest BCUT2D eigenvalue weighted by Gasteiger charge is 2.14. The molecule has 6 nitrogen and oxygen atoms in total. The highest BCUT2D eigenvalue weighted by molar-refractivity contribution is 5.92. The summed E-state index contributed by atoms with van der Waals surface area (Å²) in [4.78, 5) is 27.2. The lowest BCUT2D eigenvalue weighted by molar-refractivity contribution is 0.0585. The van der Waals surface area contributed by atoms with Gasteiger partial charge in [-0.05, 0) is 36.4 Å². The van der Waals surface area contributed by atoms with Gasteiger partial charge in [-0.15, -0.1) is 0 Å². The van der Waals surface area contributed by atoms with Crippen LogP contribution in [0.15, 0.2) is 36.4 Å². The zero-order valence-electron chi connectivity index (χ0n) is 12.6. The van der Waals surface area contributed by atoms with Gasteiger partial charge in [-0.25, -0.2) is 14.6 Å². The number of benzene rings is 1. The van der Waals surface area contributed by atoms with Gasteiger partial charge in [-0.2, -0.15) is 0 Å². The van der Waals surface area contributed by atoms with Crippen LogP contribution in [-0.2, 0) is 9.47 Å². The maximum absolute atomic E-state index is 11.6. The van der Waals surface area contributed by atoms with Crippen molar-refractivity contribution >= 4 is 17.6 Å². The average molecular weight is 310 g/mol. The predicted molar refractivity (Wildman–Crippen MR) is 83.8 cm³/mol. The van der Waals surface area contributed by atoms with Crippen molar-refractivity contribution < 1.29 is 19.1 Å². The van der Waals surface area contributed by atoms with E-state index in [1.54, 1.807) is 24.3 Å². The quantitative estimate of drug-likeness (QED) is 0.515. The number of carbonyl (C=O) groups is 2. The molecular weight excluding hydrogens is 296 g/mol. The Morgan fingerprint density at radius 2 is 1.39 bits per heavy atom. The summed E-state index contributed by atoms with van der Waals surface area (Å²) in [7, 11) is 2.46. The molecule has 2 rings (SSSR count). The highest BCUT2D eigenvalue weighted by atomic mass is 16.5. The van der Waals surface area contributed by atoms with Crippen molar-refractivity contribution in [2.24, 2.45) is 0 Å². The van der Waals surface area contributed by atoms with Crippen molar-refractivity contribution in [1.29, 1.82) is 0 Å².